The molecule has 6 nitrogen and oxygen atoms in total. The summed E-state index contributed by atoms with van der Waals surface area (Å²) in [4.78, 5) is 24.0. The minimum atomic E-state index is -0.782. The van der Waals surface area contributed by atoms with Crippen LogP contribution in [0.25, 0.3) is 0 Å². The summed E-state index contributed by atoms with van der Waals surface area (Å²) in [6, 6.07) is 12.1. The lowest BCUT2D eigenvalue weighted by Gasteiger charge is -2.11. The Morgan fingerprint density at radius 3 is 2.30 bits per heavy atom. The highest BCUT2D eigenvalue weighted by molar-refractivity contribution is 6.43. The fourth-order valence-corrected chi connectivity index (χ4v) is 1.99. The fraction of sp³-hybridized carbons (Fsp3) is 0.176. The van der Waals surface area contributed by atoms with E-state index in [1.165, 1.54) is 14.2 Å². The van der Waals surface area contributed by atoms with Crippen molar-refractivity contribution < 1.29 is 19.1 Å². The summed E-state index contributed by atoms with van der Waals surface area (Å²) in [5.74, 6) is -0.548. The molecule has 0 aliphatic carbocycles. The van der Waals surface area contributed by atoms with Crippen LogP contribution in [0.5, 0.6) is 11.5 Å². The first-order valence-electron chi connectivity index (χ1n) is 6.94. The number of anilines is 2. The molecule has 0 aromatic heterocycles. The molecular formula is C17H18N2O4. The number of nitrogens with one attached hydrogen (secondary N) is 2. The van der Waals surface area contributed by atoms with E-state index in [1.54, 1.807) is 36.4 Å². The molecule has 6 heteroatoms. The van der Waals surface area contributed by atoms with Gasteiger partial charge in [-0.25, -0.2) is 0 Å². The molecular weight excluding hydrogens is 296 g/mol. The van der Waals surface area contributed by atoms with Gasteiger partial charge in [0, 0.05) is 11.8 Å². The molecule has 0 fully saturated rings. The van der Waals surface area contributed by atoms with E-state index in [0.717, 1.165) is 5.56 Å². The lowest BCUT2D eigenvalue weighted by atomic mass is 10.2. The van der Waals surface area contributed by atoms with E-state index >= 15 is 0 Å². The number of carbonyl (C=O) groups is 2. The normalized spacial score (nSPS) is 9.87. The van der Waals surface area contributed by atoms with E-state index in [9.17, 15) is 9.59 Å². The third-order valence-corrected chi connectivity index (χ3v) is 3.14. The van der Waals surface area contributed by atoms with Crippen LogP contribution >= 0.6 is 0 Å². The first-order chi connectivity index (χ1) is 11.0. The van der Waals surface area contributed by atoms with E-state index in [4.69, 9.17) is 9.47 Å². The number of ether oxygens (including phenoxy) is 2. The lowest BCUT2D eigenvalue weighted by Crippen LogP contribution is -2.29. The van der Waals surface area contributed by atoms with Gasteiger partial charge >= 0.3 is 11.8 Å². The molecule has 0 heterocycles. The van der Waals surface area contributed by atoms with Crippen LogP contribution in [0.15, 0.2) is 42.5 Å². The molecule has 0 saturated heterocycles. The second kappa shape index (κ2) is 7.31. The van der Waals surface area contributed by atoms with E-state index in [2.05, 4.69) is 10.6 Å². The van der Waals surface area contributed by atoms with Gasteiger partial charge < -0.3 is 20.1 Å². The average Bonchev–Trinajstić information content (AvgIpc) is 2.55. The predicted octanol–water partition coefficient (Wildman–Crippen LogP) is 2.59. The average molecular weight is 314 g/mol. The van der Waals surface area contributed by atoms with Gasteiger partial charge in [0.2, 0.25) is 0 Å². The van der Waals surface area contributed by atoms with Gasteiger partial charge in [0.1, 0.15) is 11.5 Å². The van der Waals surface area contributed by atoms with Crippen LogP contribution in [0, 0.1) is 6.92 Å². The molecule has 23 heavy (non-hydrogen) atoms. The Morgan fingerprint density at radius 2 is 1.65 bits per heavy atom. The molecule has 0 saturated carbocycles. The molecule has 0 bridgehead atoms. The number of hydrogen-bond donors (Lipinski definition) is 2. The largest absolute Gasteiger partial charge is 0.497 e. The Kier molecular flexibility index (Phi) is 5.19. The van der Waals surface area contributed by atoms with Crippen LogP contribution < -0.4 is 20.1 Å². The van der Waals surface area contributed by atoms with Crippen LogP contribution in [0.2, 0.25) is 0 Å². The summed E-state index contributed by atoms with van der Waals surface area (Å²) in [5.41, 5.74) is 1.93. The topological polar surface area (TPSA) is 76.7 Å². The lowest BCUT2D eigenvalue weighted by molar-refractivity contribution is -0.133. The van der Waals surface area contributed by atoms with Crippen molar-refractivity contribution in [1.82, 2.24) is 0 Å². The van der Waals surface area contributed by atoms with E-state index < -0.39 is 11.8 Å². The van der Waals surface area contributed by atoms with E-state index in [1.807, 2.05) is 13.0 Å². The third kappa shape index (κ3) is 4.23. The van der Waals surface area contributed by atoms with Gasteiger partial charge in [-0.2, -0.15) is 0 Å². The Hall–Kier alpha value is -3.02. The maximum atomic E-state index is 12.0. The molecule has 0 aliphatic rings. The number of rotatable bonds is 4. The van der Waals surface area contributed by atoms with Gasteiger partial charge in [0.05, 0.1) is 19.9 Å². The van der Waals surface area contributed by atoms with Gasteiger partial charge in [-0.05, 0) is 36.8 Å². The highest BCUT2D eigenvalue weighted by Crippen LogP contribution is 2.28. The summed E-state index contributed by atoms with van der Waals surface area (Å²) in [7, 11) is 3.00. The van der Waals surface area contributed by atoms with Crippen molar-refractivity contribution in [3.8, 4) is 11.5 Å². The minimum absolute atomic E-state index is 0.387. The summed E-state index contributed by atoms with van der Waals surface area (Å²) in [5, 5.41) is 5.06. The zero-order valence-corrected chi connectivity index (χ0v) is 13.2. The van der Waals surface area contributed by atoms with Gasteiger partial charge in [-0.3, -0.25) is 9.59 Å². The molecule has 2 aromatic carbocycles. The zero-order valence-electron chi connectivity index (χ0n) is 13.2. The van der Waals surface area contributed by atoms with Crippen molar-refractivity contribution >= 4 is 23.2 Å². The number of amides is 2. The number of methoxy groups -OCH3 is 2. The first kappa shape index (κ1) is 16.4. The highest BCUT2D eigenvalue weighted by atomic mass is 16.5. The van der Waals surface area contributed by atoms with Crippen LogP contribution in [-0.2, 0) is 9.59 Å². The van der Waals surface area contributed by atoms with Crippen LogP contribution in [0.4, 0.5) is 11.4 Å². The smallest absolute Gasteiger partial charge is 0.314 e. The molecule has 0 unspecified atom stereocenters. The summed E-state index contributed by atoms with van der Waals surface area (Å²) < 4.78 is 10.3. The monoisotopic (exact) mass is 314 g/mol. The summed E-state index contributed by atoms with van der Waals surface area (Å²) in [6.45, 7) is 1.90. The van der Waals surface area contributed by atoms with Crippen molar-refractivity contribution in [2.45, 2.75) is 6.92 Å². The van der Waals surface area contributed by atoms with Crippen molar-refractivity contribution in [3.05, 3.63) is 48.0 Å². The van der Waals surface area contributed by atoms with E-state index in [0.29, 0.717) is 22.9 Å². The summed E-state index contributed by atoms with van der Waals surface area (Å²) in [6.07, 6.45) is 0. The Balaban J connectivity index is 2.08. The quantitative estimate of drug-likeness (QED) is 0.851. The van der Waals surface area contributed by atoms with Crippen LogP contribution in [-0.4, -0.2) is 26.0 Å². The second-order valence-corrected chi connectivity index (χ2v) is 4.84. The molecule has 0 aliphatic heterocycles. The van der Waals surface area contributed by atoms with Gasteiger partial charge in [-0.1, -0.05) is 12.1 Å². The van der Waals surface area contributed by atoms with Crippen molar-refractivity contribution in [2.24, 2.45) is 0 Å². The first-order valence-corrected chi connectivity index (χ1v) is 6.94. The molecule has 0 radical (unpaired) electrons. The number of hydrogen-bond acceptors (Lipinski definition) is 4. The van der Waals surface area contributed by atoms with Crippen LogP contribution in [0.3, 0.4) is 0 Å². The van der Waals surface area contributed by atoms with Gasteiger partial charge in [0.25, 0.3) is 0 Å². The maximum Gasteiger partial charge on any atom is 0.314 e. The van der Waals surface area contributed by atoms with Crippen molar-refractivity contribution in [2.75, 3.05) is 24.9 Å². The predicted molar refractivity (Wildman–Crippen MR) is 88.0 cm³/mol. The van der Waals surface area contributed by atoms with Gasteiger partial charge in [-0.15, -0.1) is 0 Å². The fourth-order valence-electron chi connectivity index (χ4n) is 1.99. The van der Waals surface area contributed by atoms with Gasteiger partial charge in [0.15, 0.2) is 0 Å². The molecule has 2 N–H and O–H groups in total. The number of benzene rings is 2. The number of aryl methyl sites for hydroxylation is 1. The molecule has 2 rings (SSSR count). The Bertz CT molecular complexity index is 728. The molecule has 2 amide bonds. The Labute approximate surface area is 134 Å². The summed E-state index contributed by atoms with van der Waals surface area (Å²) >= 11 is 0. The molecule has 0 spiro atoms. The number of carbonyl (C=O) groups excluding carboxylic acids is 2. The maximum absolute atomic E-state index is 12.0. The van der Waals surface area contributed by atoms with E-state index in [-0.39, 0.29) is 0 Å². The standard InChI is InChI=1S/C17H18N2O4/c1-11-5-4-6-12(9-11)18-16(20)17(21)19-14-8-7-13(22-2)10-15(14)23-3/h4-10H,1-3H3,(H,18,20)(H,19,21). The van der Waals surface area contributed by atoms with Crippen molar-refractivity contribution in [3.63, 3.8) is 0 Å². The molecule has 2 aromatic rings. The third-order valence-electron chi connectivity index (χ3n) is 3.14. The highest BCUT2D eigenvalue weighted by Gasteiger charge is 2.16. The molecule has 120 valence electrons. The Morgan fingerprint density at radius 1 is 0.913 bits per heavy atom. The second-order valence-electron chi connectivity index (χ2n) is 4.84. The van der Waals surface area contributed by atoms with Crippen molar-refractivity contribution in [1.29, 1.82) is 0 Å². The molecule has 0 atom stereocenters. The SMILES string of the molecule is COc1ccc(NC(=O)C(=O)Nc2cccc(C)c2)c(OC)c1. The zero-order chi connectivity index (χ0) is 16.8. The van der Waals surface area contributed by atoms with Crippen LogP contribution in [0.1, 0.15) is 5.56 Å². The minimum Gasteiger partial charge on any atom is -0.497 e.